The summed E-state index contributed by atoms with van der Waals surface area (Å²) in [5.41, 5.74) is -0.221. The summed E-state index contributed by atoms with van der Waals surface area (Å²) in [5.74, 6) is -1.26. The zero-order valence-electron chi connectivity index (χ0n) is 10.6. The Labute approximate surface area is 112 Å². The van der Waals surface area contributed by atoms with E-state index in [1.54, 1.807) is 0 Å². The molecule has 20 heavy (non-hydrogen) atoms. The van der Waals surface area contributed by atoms with Gasteiger partial charge < -0.3 is 14.8 Å². The second-order valence-electron chi connectivity index (χ2n) is 3.77. The first-order valence-electron chi connectivity index (χ1n) is 5.59. The van der Waals surface area contributed by atoms with E-state index in [9.17, 15) is 22.4 Å². The number of carbonyl (C=O) groups is 1. The molecule has 112 valence electrons. The van der Waals surface area contributed by atoms with Gasteiger partial charge in [-0.1, -0.05) is 0 Å². The van der Waals surface area contributed by atoms with Crippen molar-refractivity contribution >= 4 is 5.91 Å². The van der Waals surface area contributed by atoms with E-state index in [0.29, 0.717) is 0 Å². The van der Waals surface area contributed by atoms with Crippen LogP contribution >= 0.6 is 0 Å². The summed E-state index contributed by atoms with van der Waals surface area (Å²) in [7, 11) is 1.35. The zero-order valence-corrected chi connectivity index (χ0v) is 10.6. The van der Waals surface area contributed by atoms with Crippen molar-refractivity contribution in [3.63, 3.8) is 0 Å². The highest BCUT2D eigenvalue weighted by molar-refractivity contribution is 5.94. The van der Waals surface area contributed by atoms with Gasteiger partial charge in [0.25, 0.3) is 5.91 Å². The number of halogens is 4. The van der Waals surface area contributed by atoms with Crippen LogP contribution in [0.1, 0.15) is 10.4 Å². The number of rotatable bonds is 6. The molecule has 0 atom stereocenters. The number of hydrogen-bond donors (Lipinski definition) is 1. The normalized spacial score (nSPS) is 11.2. The fourth-order valence-corrected chi connectivity index (χ4v) is 1.33. The van der Waals surface area contributed by atoms with Gasteiger partial charge in [-0.25, -0.2) is 4.39 Å². The largest absolute Gasteiger partial charge is 0.497 e. The summed E-state index contributed by atoms with van der Waals surface area (Å²) >= 11 is 0. The van der Waals surface area contributed by atoms with Crippen LogP contribution in [0.25, 0.3) is 0 Å². The molecule has 8 heteroatoms. The van der Waals surface area contributed by atoms with E-state index < -0.39 is 24.5 Å². The Bertz CT molecular complexity index is 463. The van der Waals surface area contributed by atoms with Crippen LogP contribution in [0, 0.1) is 5.82 Å². The Hall–Kier alpha value is -1.83. The van der Waals surface area contributed by atoms with Crippen LogP contribution in [-0.2, 0) is 4.74 Å². The molecular weight excluding hydrogens is 282 g/mol. The molecule has 1 aromatic rings. The Kier molecular flexibility index (Phi) is 5.75. The molecule has 1 aromatic carbocycles. The van der Waals surface area contributed by atoms with E-state index in [0.717, 1.165) is 6.07 Å². The number of carbonyl (C=O) groups excluding carboxylic acids is 1. The van der Waals surface area contributed by atoms with Crippen LogP contribution in [0.15, 0.2) is 18.2 Å². The number of hydrogen-bond acceptors (Lipinski definition) is 3. The molecule has 0 heterocycles. The molecule has 0 saturated carbocycles. The van der Waals surface area contributed by atoms with E-state index in [-0.39, 0.29) is 24.5 Å². The average molecular weight is 295 g/mol. The topological polar surface area (TPSA) is 47.6 Å². The lowest BCUT2D eigenvalue weighted by Gasteiger charge is -2.09. The van der Waals surface area contributed by atoms with Crippen molar-refractivity contribution < 1.29 is 31.8 Å². The third kappa shape index (κ3) is 5.43. The van der Waals surface area contributed by atoms with Crippen molar-refractivity contribution in [3.05, 3.63) is 29.6 Å². The molecule has 0 aliphatic rings. The maximum Gasteiger partial charge on any atom is 0.411 e. The number of amides is 1. The molecule has 0 aliphatic heterocycles. The van der Waals surface area contributed by atoms with Crippen molar-refractivity contribution in [2.45, 2.75) is 6.18 Å². The Morgan fingerprint density at radius 2 is 2.05 bits per heavy atom. The van der Waals surface area contributed by atoms with Gasteiger partial charge in [0.1, 0.15) is 18.2 Å². The molecule has 4 nitrogen and oxygen atoms in total. The van der Waals surface area contributed by atoms with E-state index in [2.05, 4.69) is 10.1 Å². The van der Waals surface area contributed by atoms with E-state index in [1.807, 2.05) is 0 Å². The Balaban J connectivity index is 2.40. The predicted molar refractivity (Wildman–Crippen MR) is 62.2 cm³/mol. The van der Waals surface area contributed by atoms with Crippen LogP contribution in [0.2, 0.25) is 0 Å². The summed E-state index contributed by atoms with van der Waals surface area (Å²) in [6.45, 7) is -1.86. The minimum Gasteiger partial charge on any atom is -0.497 e. The summed E-state index contributed by atoms with van der Waals surface area (Å²) in [5, 5.41) is 2.25. The zero-order chi connectivity index (χ0) is 15.2. The van der Waals surface area contributed by atoms with Crippen LogP contribution in [0.5, 0.6) is 5.75 Å². The van der Waals surface area contributed by atoms with Gasteiger partial charge >= 0.3 is 6.18 Å². The lowest BCUT2D eigenvalue weighted by atomic mass is 10.2. The molecule has 0 aliphatic carbocycles. The summed E-state index contributed by atoms with van der Waals surface area (Å²) in [4.78, 5) is 11.6. The van der Waals surface area contributed by atoms with Gasteiger partial charge in [0, 0.05) is 12.6 Å². The highest BCUT2D eigenvalue weighted by Crippen LogP contribution is 2.16. The van der Waals surface area contributed by atoms with Crippen molar-refractivity contribution in [3.8, 4) is 5.75 Å². The summed E-state index contributed by atoms with van der Waals surface area (Å²) in [6.07, 6.45) is -4.41. The average Bonchev–Trinajstić information content (AvgIpc) is 2.36. The summed E-state index contributed by atoms with van der Waals surface area (Å²) < 4.78 is 57.8. The second kappa shape index (κ2) is 7.09. The van der Waals surface area contributed by atoms with Gasteiger partial charge in [-0.15, -0.1) is 0 Å². The fraction of sp³-hybridized carbons (Fsp3) is 0.417. The van der Waals surface area contributed by atoms with Crippen molar-refractivity contribution in [1.82, 2.24) is 5.32 Å². The van der Waals surface area contributed by atoms with Gasteiger partial charge in [0.2, 0.25) is 0 Å². The maximum atomic E-state index is 13.5. The first-order chi connectivity index (χ1) is 9.33. The first kappa shape index (κ1) is 16.2. The first-order valence-corrected chi connectivity index (χ1v) is 5.59. The minimum absolute atomic E-state index is 0.152. The molecule has 1 amide bonds. The van der Waals surface area contributed by atoms with Crippen molar-refractivity contribution in [2.24, 2.45) is 0 Å². The minimum atomic E-state index is -4.41. The number of methoxy groups -OCH3 is 1. The third-order valence-electron chi connectivity index (χ3n) is 2.22. The molecule has 0 aromatic heterocycles. The molecule has 0 bridgehead atoms. The quantitative estimate of drug-likeness (QED) is 0.646. The van der Waals surface area contributed by atoms with Gasteiger partial charge in [-0.2, -0.15) is 13.2 Å². The van der Waals surface area contributed by atoms with Crippen molar-refractivity contribution in [2.75, 3.05) is 26.9 Å². The van der Waals surface area contributed by atoms with E-state index >= 15 is 0 Å². The molecule has 0 saturated heterocycles. The molecule has 0 spiro atoms. The van der Waals surface area contributed by atoms with Crippen LogP contribution in [0.4, 0.5) is 17.6 Å². The van der Waals surface area contributed by atoms with Crippen molar-refractivity contribution in [1.29, 1.82) is 0 Å². The molecule has 1 rings (SSSR count). The number of benzene rings is 1. The van der Waals surface area contributed by atoms with Gasteiger partial charge in [-0.3, -0.25) is 4.79 Å². The molecule has 0 unspecified atom stereocenters. The SMILES string of the molecule is COc1ccc(C(=O)NCCOCC(F)(F)F)c(F)c1. The highest BCUT2D eigenvalue weighted by Gasteiger charge is 2.27. The van der Waals surface area contributed by atoms with Crippen LogP contribution in [-0.4, -0.2) is 39.0 Å². The van der Waals surface area contributed by atoms with Gasteiger partial charge in [0.15, 0.2) is 0 Å². The molecule has 0 radical (unpaired) electrons. The molecule has 1 N–H and O–H groups in total. The lowest BCUT2D eigenvalue weighted by molar-refractivity contribution is -0.173. The Morgan fingerprint density at radius 1 is 1.35 bits per heavy atom. The second-order valence-corrected chi connectivity index (χ2v) is 3.77. The predicted octanol–water partition coefficient (Wildman–Crippen LogP) is 2.14. The lowest BCUT2D eigenvalue weighted by Crippen LogP contribution is -2.29. The third-order valence-corrected chi connectivity index (χ3v) is 2.22. The van der Waals surface area contributed by atoms with Gasteiger partial charge in [0.05, 0.1) is 19.3 Å². The summed E-state index contributed by atoms with van der Waals surface area (Å²) in [6, 6.07) is 3.66. The Morgan fingerprint density at radius 3 is 2.60 bits per heavy atom. The fourth-order valence-electron chi connectivity index (χ4n) is 1.33. The molecule has 0 fully saturated rings. The monoisotopic (exact) mass is 295 g/mol. The van der Waals surface area contributed by atoms with Crippen LogP contribution in [0.3, 0.4) is 0 Å². The van der Waals surface area contributed by atoms with Crippen LogP contribution < -0.4 is 10.1 Å². The maximum absolute atomic E-state index is 13.5. The highest BCUT2D eigenvalue weighted by atomic mass is 19.4. The number of ether oxygens (including phenoxy) is 2. The van der Waals surface area contributed by atoms with Gasteiger partial charge in [-0.05, 0) is 12.1 Å². The smallest absolute Gasteiger partial charge is 0.411 e. The molecular formula is C12H13F4NO3. The standard InChI is InChI=1S/C12H13F4NO3/c1-19-8-2-3-9(10(13)6-8)11(18)17-4-5-20-7-12(14,15)16/h2-3,6H,4-5,7H2,1H3,(H,17,18). The van der Waals surface area contributed by atoms with E-state index in [4.69, 9.17) is 4.74 Å². The van der Waals surface area contributed by atoms with E-state index in [1.165, 1.54) is 19.2 Å². The number of alkyl halides is 3. The number of nitrogens with one attached hydrogen (secondary N) is 1.